The molecule has 2 aromatic rings. The Bertz CT molecular complexity index is 789. The highest BCUT2D eigenvalue weighted by atomic mass is 35.5. The summed E-state index contributed by atoms with van der Waals surface area (Å²) >= 11 is 5.89. The summed E-state index contributed by atoms with van der Waals surface area (Å²) in [5, 5.41) is 5.90. The lowest BCUT2D eigenvalue weighted by Gasteiger charge is -2.26. The summed E-state index contributed by atoms with van der Waals surface area (Å²) in [5.74, 6) is 0.463. The molecule has 5 nitrogen and oxygen atoms in total. The highest BCUT2D eigenvalue weighted by molar-refractivity contribution is 6.32. The van der Waals surface area contributed by atoms with Crippen molar-refractivity contribution in [2.45, 2.75) is 19.1 Å². The Morgan fingerprint density at radius 2 is 2.12 bits per heavy atom. The number of hydrogen-bond donors (Lipinski definition) is 2. The van der Waals surface area contributed by atoms with Crippen LogP contribution in [0.4, 0.5) is 14.5 Å². The van der Waals surface area contributed by atoms with Gasteiger partial charge in [0.15, 0.2) is 0 Å². The number of halogens is 3. The van der Waals surface area contributed by atoms with E-state index in [1.165, 1.54) is 18.2 Å². The molecule has 0 radical (unpaired) electrons. The van der Waals surface area contributed by atoms with Crippen LogP contribution in [-0.2, 0) is 4.79 Å². The molecule has 0 aliphatic carbocycles. The van der Waals surface area contributed by atoms with Crippen molar-refractivity contribution in [3.8, 4) is 11.5 Å². The predicted molar refractivity (Wildman–Crippen MR) is 94.0 cm³/mol. The third kappa shape index (κ3) is 4.54. The molecular formula is C18H17ClF2N2O3. The van der Waals surface area contributed by atoms with Crippen molar-refractivity contribution in [2.75, 3.05) is 18.5 Å². The van der Waals surface area contributed by atoms with E-state index in [9.17, 15) is 13.6 Å². The van der Waals surface area contributed by atoms with E-state index in [-0.39, 0.29) is 29.3 Å². The maximum Gasteiger partial charge on any atom is 0.387 e. The summed E-state index contributed by atoms with van der Waals surface area (Å²) < 4.78 is 34.3. The van der Waals surface area contributed by atoms with Gasteiger partial charge < -0.3 is 20.1 Å². The quantitative estimate of drug-likeness (QED) is 0.793. The standard InChI is InChI=1S/C18H17ClF2N2O3/c19-13-9-11(5-6-16(13)26-18(20)21)22-10-17(24)23-14-7-8-25-15-4-2-1-3-12(14)15/h1-6,9,14,18,22H,7-8,10H2,(H,23,24). The van der Waals surface area contributed by atoms with Crippen LogP contribution in [0.15, 0.2) is 42.5 Å². The van der Waals surface area contributed by atoms with Gasteiger partial charge in [0, 0.05) is 17.7 Å². The second kappa shape index (κ2) is 8.23. The highest BCUT2D eigenvalue weighted by Gasteiger charge is 2.22. The van der Waals surface area contributed by atoms with E-state index in [4.69, 9.17) is 16.3 Å². The third-order valence-electron chi connectivity index (χ3n) is 3.89. The molecule has 1 atom stereocenters. The lowest BCUT2D eigenvalue weighted by molar-refractivity contribution is -0.120. The van der Waals surface area contributed by atoms with Gasteiger partial charge in [0.1, 0.15) is 11.5 Å². The van der Waals surface area contributed by atoms with Crippen LogP contribution in [0, 0.1) is 0 Å². The SMILES string of the molecule is O=C(CNc1ccc(OC(F)F)c(Cl)c1)NC1CCOc2ccccc21. The number of benzene rings is 2. The summed E-state index contributed by atoms with van der Waals surface area (Å²) in [6, 6.07) is 11.7. The number of amides is 1. The minimum atomic E-state index is -2.94. The van der Waals surface area contributed by atoms with Crippen molar-refractivity contribution in [3.05, 3.63) is 53.1 Å². The van der Waals surface area contributed by atoms with Crippen LogP contribution >= 0.6 is 11.6 Å². The van der Waals surface area contributed by atoms with E-state index in [1.54, 1.807) is 0 Å². The Morgan fingerprint density at radius 1 is 1.31 bits per heavy atom. The Balaban J connectivity index is 1.56. The van der Waals surface area contributed by atoms with E-state index in [0.717, 1.165) is 11.3 Å². The van der Waals surface area contributed by atoms with Crippen molar-refractivity contribution >= 4 is 23.2 Å². The zero-order valence-electron chi connectivity index (χ0n) is 13.7. The van der Waals surface area contributed by atoms with Gasteiger partial charge in [-0.15, -0.1) is 0 Å². The molecule has 2 N–H and O–H groups in total. The summed E-state index contributed by atoms with van der Waals surface area (Å²) in [7, 11) is 0. The van der Waals surface area contributed by atoms with Crippen molar-refractivity contribution in [1.29, 1.82) is 0 Å². The van der Waals surface area contributed by atoms with Gasteiger partial charge >= 0.3 is 6.61 Å². The second-order valence-corrected chi connectivity index (χ2v) is 6.08. The number of carbonyl (C=O) groups is 1. The predicted octanol–water partition coefficient (Wildman–Crippen LogP) is 3.99. The van der Waals surface area contributed by atoms with Crippen molar-refractivity contribution in [3.63, 3.8) is 0 Å². The van der Waals surface area contributed by atoms with Gasteiger partial charge in [0.05, 0.1) is 24.2 Å². The molecule has 1 amide bonds. The molecular weight excluding hydrogens is 366 g/mol. The fraction of sp³-hybridized carbons (Fsp3) is 0.278. The van der Waals surface area contributed by atoms with E-state index in [0.29, 0.717) is 18.7 Å². The number of ether oxygens (including phenoxy) is 2. The Morgan fingerprint density at radius 3 is 2.88 bits per heavy atom. The Kier molecular flexibility index (Phi) is 5.78. The minimum absolute atomic E-state index is 0.0188. The lowest BCUT2D eigenvalue weighted by atomic mass is 10.0. The third-order valence-corrected chi connectivity index (χ3v) is 4.19. The van der Waals surface area contributed by atoms with Crippen LogP contribution in [0.2, 0.25) is 5.02 Å². The van der Waals surface area contributed by atoms with Gasteiger partial charge in [-0.25, -0.2) is 0 Å². The average Bonchev–Trinajstić information content (AvgIpc) is 2.62. The first-order chi connectivity index (χ1) is 12.5. The molecule has 1 unspecified atom stereocenters. The van der Waals surface area contributed by atoms with Gasteiger partial charge in [-0.3, -0.25) is 4.79 Å². The second-order valence-electron chi connectivity index (χ2n) is 5.67. The summed E-state index contributed by atoms with van der Waals surface area (Å²) in [4.78, 5) is 12.2. The van der Waals surface area contributed by atoms with Crippen LogP contribution < -0.4 is 20.1 Å². The van der Waals surface area contributed by atoms with Gasteiger partial charge in [-0.1, -0.05) is 29.8 Å². The Labute approximate surface area is 154 Å². The molecule has 2 aromatic carbocycles. The molecule has 0 bridgehead atoms. The molecule has 1 heterocycles. The number of nitrogens with one attached hydrogen (secondary N) is 2. The molecule has 1 aliphatic heterocycles. The van der Waals surface area contributed by atoms with E-state index < -0.39 is 6.61 Å². The monoisotopic (exact) mass is 382 g/mol. The van der Waals surface area contributed by atoms with Crippen molar-refractivity contribution in [2.24, 2.45) is 0 Å². The molecule has 0 fully saturated rings. The smallest absolute Gasteiger partial charge is 0.387 e. The van der Waals surface area contributed by atoms with E-state index in [1.807, 2.05) is 24.3 Å². The minimum Gasteiger partial charge on any atom is -0.493 e. The largest absolute Gasteiger partial charge is 0.493 e. The summed E-state index contributed by atoms with van der Waals surface area (Å²) in [6.07, 6.45) is 0.689. The maximum atomic E-state index is 12.2. The van der Waals surface area contributed by atoms with E-state index in [2.05, 4.69) is 15.4 Å². The fourth-order valence-corrected chi connectivity index (χ4v) is 2.95. The molecule has 1 aliphatic rings. The average molecular weight is 383 g/mol. The van der Waals surface area contributed by atoms with Gasteiger partial charge in [0.2, 0.25) is 5.91 Å². The normalized spacial score (nSPS) is 15.8. The number of para-hydroxylation sites is 1. The topological polar surface area (TPSA) is 59.6 Å². The summed E-state index contributed by atoms with van der Waals surface area (Å²) in [5.41, 5.74) is 1.47. The van der Waals surface area contributed by atoms with Crippen molar-refractivity contribution < 1.29 is 23.0 Å². The molecule has 8 heteroatoms. The number of rotatable bonds is 6. The first-order valence-corrected chi connectivity index (χ1v) is 8.40. The molecule has 138 valence electrons. The van der Waals surface area contributed by atoms with Crippen LogP contribution in [0.3, 0.4) is 0 Å². The van der Waals surface area contributed by atoms with Gasteiger partial charge in [-0.2, -0.15) is 8.78 Å². The summed E-state index contributed by atoms with van der Waals surface area (Å²) in [6.45, 7) is -2.39. The number of carbonyl (C=O) groups excluding carboxylic acids is 1. The number of hydrogen-bond acceptors (Lipinski definition) is 4. The number of anilines is 1. The van der Waals surface area contributed by atoms with Crippen LogP contribution in [0.25, 0.3) is 0 Å². The zero-order valence-corrected chi connectivity index (χ0v) is 14.4. The first kappa shape index (κ1) is 18.3. The number of fused-ring (bicyclic) bond motifs is 1. The molecule has 0 aromatic heterocycles. The van der Waals surface area contributed by atoms with Gasteiger partial charge in [-0.05, 0) is 24.3 Å². The van der Waals surface area contributed by atoms with Crippen LogP contribution in [0.1, 0.15) is 18.0 Å². The molecule has 0 spiro atoms. The zero-order chi connectivity index (χ0) is 18.5. The van der Waals surface area contributed by atoms with Crippen LogP contribution in [-0.4, -0.2) is 25.7 Å². The number of alkyl halides is 2. The van der Waals surface area contributed by atoms with E-state index >= 15 is 0 Å². The highest BCUT2D eigenvalue weighted by Crippen LogP contribution is 2.31. The Hall–Kier alpha value is -2.54. The molecule has 0 saturated heterocycles. The first-order valence-electron chi connectivity index (χ1n) is 8.02. The lowest BCUT2D eigenvalue weighted by Crippen LogP contribution is -2.35. The van der Waals surface area contributed by atoms with Gasteiger partial charge in [0.25, 0.3) is 0 Å². The molecule has 3 rings (SSSR count). The maximum absolute atomic E-state index is 12.2. The van der Waals surface area contributed by atoms with Crippen molar-refractivity contribution in [1.82, 2.24) is 5.32 Å². The van der Waals surface area contributed by atoms with Crippen LogP contribution in [0.5, 0.6) is 11.5 Å². The molecule has 0 saturated carbocycles. The fourth-order valence-electron chi connectivity index (χ4n) is 2.72. The molecule has 26 heavy (non-hydrogen) atoms.